The SMILES string of the molecule is CC(C)C[C@H](NC(=O)[C@H](CC1CC1)NC(=O)[C@H](CCCCN)NC(=O)[C@H](Cc1ccccc1)NC(=O)CCCCCNC(=O)c1ccc(C(=O)O)c(-c2c3ccc(=O)cc-3oc3cc(O)ccc23)c1)P(=O)(Oc1ccccc1)Oc1ccccc1. The molecule has 5 aromatic rings. The summed E-state index contributed by atoms with van der Waals surface area (Å²) in [5.74, 6) is -4.36. The van der Waals surface area contributed by atoms with Crippen LogP contribution in [-0.2, 0) is 30.2 Å². The Hall–Kier alpha value is -8.80. The van der Waals surface area contributed by atoms with Crippen molar-refractivity contribution in [2.45, 2.75) is 115 Å². The molecule has 0 radical (unpaired) electrons. The zero-order chi connectivity index (χ0) is 60.5. The molecule has 20 heteroatoms. The fraction of sp³-hybridized carbons (Fsp3) is 0.338. The molecule has 446 valence electrons. The van der Waals surface area contributed by atoms with Gasteiger partial charge in [-0.3, -0.25) is 28.8 Å². The molecule has 1 heterocycles. The minimum atomic E-state index is -4.23. The number of aromatic hydroxyl groups is 1. The summed E-state index contributed by atoms with van der Waals surface area (Å²) in [7, 11) is -4.23. The summed E-state index contributed by atoms with van der Waals surface area (Å²) in [4.78, 5) is 95.7. The Morgan fingerprint density at radius 3 is 1.98 bits per heavy atom. The first-order valence-electron chi connectivity index (χ1n) is 28.9. The molecule has 9 N–H and O–H groups in total. The molecule has 0 spiro atoms. The third-order valence-corrected chi connectivity index (χ3v) is 16.6. The van der Waals surface area contributed by atoms with Gasteiger partial charge in [-0.05, 0) is 141 Å². The Labute approximate surface area is 493 Å². The monoisotopic (exact) mass is 1180 g/mol. The maximum Gasteiger partial charge on any atom is 0.452 e. The zero-order valence-electron chi connectivity index (χ0n) is 47.6. The van der Waals surface area contributed by atoms with E-state index in [1.54, 1.807) is 66.7 Å². The molecule has 1 saturated carbocycles. The number of phenolic OH excluding ortho intramolecular Hbond substituents is 1. The van der Waals surface area contributed by atoms with Crippen molar-refractivity contribution in [2.75, 3.05) is 13.1 Å². The number of amides is 5. The number of aromatic carboxylic acids is 1. The standard InChI is InChI=1S/C65H73N6O13P/c1-41(2)35-59(85(81,83-47-19-9-4-10-20-47)84-48-21-11-5-12-22-48)71-64(78)55(37-43-25-26-43)70-62(76)53(23-14-15-33-66)69-63(77)54(36-42-17-7-3-8-18-42)68-58(74)24-13-6-16-34-67-61(75)44-27-30-49(65(79)80)52(38-44)60-50-31-28-45(72)39-56(50)82-57-40-46(73)29-32-51(57)60/h3-5,7-12,17-22,27-32,38-41,43,53-55,59,72H,6,13-16,23-26,33-37,66H2,1-2H3,(H,67,75)(H,68,74)(H,69,77)(H,70,76)(H,71,78)(H,79,80)/t53-,54-,55-,59+/m0/s1. The van der Waals surface area contributed by atoms with Crippen molar-refractivity contribution in [1.82, 2.24) is 26.6 Å². The summed E-state index contributed by atoms with van der Waals surface area (Å²) in [6.45, 7) is 4.41. The number of nitrogens with two attached hydrogens (primary N) is 1. The number of hydrogen-bond acceptors (Lipinski definition) is 13. The van der Waals surface area contributed by atoms with Crippen molar-refractivity contribution in [1.29, 1.82) is 0 Å². The second-order valence-electron chi connectivity index (χ2n) is 21.8. The molecule has 0 bridgehead atoms. The maximum atomic E-state index is 15.1. The number of unbranched alkanes of at least 4 members (excludes halogenated alkanes) is 3. The summed E-state index contributed by atoms with van der Waals surface area (Å²) >= 11 is 0. The lowest BCUT2D eigenvalue weighted by molar-refractivity contribution is -0.134. The molecule has 1 aliphatic heterocycles. The average molecular weight is 1180 g/mol. The highest BCUT2D eigenvalue weighted by atomic mass is 31.2. The third-order valence-electron chi connectivity index (χ3n) is 14.6. The first kappa shape index (κ1) is 62.3. The van der Waals surface area contributed by atoms with Crippen LogP contribution in [0.25, 0.3) is 33.4 Å². The molecular weight excluding hydrogens is 1100 g/mol. The Kier molecular flexibility index (Phi) is 21.7. The number of carbonyl (C=O) groups excluding carboxylic acids is 5. The maximum absolute atomic E-state index is 15.1. The van der Waals surface area contributed by atoms with Crippen molar-refractivity contribution in [3.8, 4) is 39.7 Å². The van der Waals surface area contributed by atoms with Gasteiger partial charge in [0, 0.05) is 53.6 Å². The van der Waals surface area contributed by atoms with Gasteiger partial charge in [0.15, 0.2) is 11.2 Å². The van der Waals surface area contributed by atoms with Crippen molar-refractivity contribution in [3.63, 3.8) is 0 Å². The van der Waals surface area contributed by atoms with Gasteiger partial charge in [0.1, 0.15) is 46.7 Å². The van der Waals surface area contributed by atoms with Crippen LogP contribution in [0.4, 0.5) is 0 Å². The number of para-hydroxylation sites is 2. The highest BCUT2D eigenvalue weighted by Crippen LogP contribution is 2.54. The zero-order valence-corrected chi connectivity index (χ0v) is 48.5. The Balaban J connectivity index is 0.906. The fourth-order valence-corrected chi connectivity index (χ4v) is 12.1. The normalized spacial score (nSPS) is 13.7. The van der Waals surface area contributed by atoms with Crippen LogP contribution in [0, 0.1) is 11.8 Å². The smallest absolute Gasteiger partial charge is 0.452 e. The van der Waals surface area contributed by atoms with E-state index in [1.807, 2.05) is 44.2 Å². The number of benzene rings is 6. The van der Waals surface area contributed by atoms with E-state index in [0.29, 0.717) is 61.6 Å². The van der Waals surface area contributed by atoms with Gasteiger partial charge in [-0.25, -0.2) is 9.36 Å². The van der Waals surface area contributed by atoms with Gasteiger partial charge in [0.05, 0.1) is 5.56 Å². The van der Waals surface area contributed by atoms with Crippen molar-refractivity contribution in [3.05, 3.63) is 173 Å². The van der Waals surface area contributed by atoms with E-state index < -0.39 is 67.0 Å². The van der Waals surface area contributed by atoms with Gasteiger partial charge in [-0.1, -0.05) is 99.8 Å². The molecule has 2 aliphatic carbocycles. The van der Waals surface area contributed by atoms with Gasteiger partial charge in [0.25, 0.3) is 5.91 Å². The van der Waals surface area contributed by atoms with Crippen molar-refractivity contribution in [2.24, 2.45) is 17.6 Å². The number of fused-ring (bicyclic) bond motifs is 2. The molecule has 3 aliphatic rings. The van der Waals surface area contributed by atoms with Crippen molar-refractivity contribution >= 4 is 54.1 Å². The van der Waals surface area contributed by atoms with E-state index in [9.17, 15) is 43.8 Å². The Morgan fingerprint density at radius 1 is 0.682 bits per heavy atom. The number of carboxylic acid groups (broad SMARTS) is 1. The lowest BCUT2D eigenvalue weighted by Crippen LogP contribution is -2.57. The Bertz CT molecular complexity index is 3480. The van der Waals surface area contributed by atoms with Crippen LogP contribution in [0.1, 0.15) is 111 Å². The number of rotatable bonds is 31. The first-order valence-corrected chi connectivity index (χ1v) is 30.5. The molecule has 8 rings (SSSR count). The number of phenols is 1. The predicted molar refractivity (Wildman–Crippen MR) is 323 cm³/mol. The quantitative estimate of drug-likeness (QED) is 0.0114. The van der Waals surface area contributed by atoms with Crippen LogP contribution in [0.2, 0.25) is 0 Å². The van der Waals surface area contributed by atoms with Gasteiger partial charge in [-0.15, -0.1) is 0 Å². The van der Waals surface area contributed by atoms with E-state index in [-0.39, 0.29) is 94.8 Å². The molecule has 0 aromatic heterocycles. The van der Waals surface area contributed by atoms with Crippen LogP contribution < -0.4 is 46.8 Å². The lowest BCUT2D eigenvalue weighted by Gasteiger charge is -2.31. The average Bonchev–Trinajstić information content (AvgIpc) is 2.40. The Morgan fingerprint density at radius 2 is 1.33 bits per heavy atom. The topological polar surface area (TPSA) is 295 Å². The predicted octanol–water partition coefficient (Wildman–Crippen LogP) is 9.72. The summed E-state index contributed by atoms with van der Waals surface area (Å²) in [5, 5.41) is 35.5. The minimum absolute atomic E-state index is 0.0410. The van der Waals surface area contributed by atoms with Crippen molar-refractivity contribution < 1.29 is 57.0 Å². The summed E-state index contributed by atoms with van der Waals surface area (Å²) < 4.78 is 33.3. The van der Waals surface area contributed by atoms with E-state index in [2.05, 4.69) is 26.6 Å². The summed E-state index contributed by atoms with van der Waals surface area (Å²) in [6, 6.07) is 35.6. The van der Waals surface area contributed by atoms with Crippen LogP contribution in [0.3, 0.4) is 0 Å². The van der Waals surface area contributed by atoms with Gasteiger partial charge < -0.3 is 56.0 Å². The second-order valence-corrected chi connectivity index (χ2v) is 23.9. The van der Waals surface area contributed by atoms with Gasteiger partial charge in [-0.2, -0.15) is 0 Å². The van der Waals surface area contributed by atoms with E-state index in [1.165, 1.54) is 48.5 Å². The largest absolute Gasteiger partial charge is 0.508 e. The van der Waals surface area contributed by atoms with E-state index >= 15 is 4.57 Å². The minimum Gasteiger partial charge on any atom is -0.508 e. The van der Waals surface area contributed by atoms with E-state index in [0.717, 1.165) is 18.4 Å². The lowest BCUT2D eigenvalue weighted by atomic mass is 9.89. The number of hydrogen-bond donors (Lipinski definition) is 8. The van der Waals surface area contributed by atoms with E-state index in [4.69, 9.17) is 19.2 Å². The number of carbonyl (C=O) groups is 6. The molecule has 1 fully saturated rings. The van der Waals surface area contributed by atoms with Crippen LogP contribution in [0.5, 0.6) is 17.2 Å². The molecule has 19 nitrogen and oxygen atoms in total. The first-order chi connectivity index (χ1) is 41.0. The fourth-order valence-electron chi connectivity index (χ4n) is 10.1. The van der Waals surface area contributed by atoms with Crippen LogP contribution in [0.15, 0.2) is 155 Å². The molecule has 5 aromatic carbocycles. The second kappa shape index (κ2) is 29.6. The van der Waals surface area contributed by atoms with Gasteiger partial charge >= 0.3 is 13.6 Å². The molecule has 5 amide bonds. The van der Waals surface area contributed by atoms with Crippen LogP contribution in [-0.4, -0.2) is 82.7 Å². The third kappa shape index (κ3) is 17.6. The summed E-state index contributed by atoms with van der Waals surface area (Å²) in [6.07, 6.45) is 4.95. The highest BCUT2D eigenvalue weighted by molar-refractivity contribution is 7.55. The van der Waals surface area contributed by atoms with Crippen LogP contribution >= 0.6 is 7.60 Å². The number of nitrogens with one attached hydrogen (secondary N) is 5. The molecule has 0 saturated heterocycles. The number of carboxylic acids is 1. The summed E-state index contributed by atoms with van der Waals surface area (Å²) in [5.41, 5.74) is 7.59. The molecular formula is C65H73N6O13P. The molecule has 85 heavy (non-hydrogen) atoms. The molecule has 0 unspecified atom stereocenters. The molecule has 4 atom stereocenters. The highest BCUT2D eigenvalue weighted by Gasteiger charge is 2.43. The van der Waals surface area contributed by atoms with Gasteiger partial charge in [0.2, 0.25) is 23.6 Å².